The van der Waals surface area contributed by atoms with E-state index in [2.05, 4.69) is 5.32 Å². The van der Waals surface area contributed by atoms with Gasteiger partial charge in [-0.3, -0.25) is 14.4 Å². The van der Waals surface area contributed by atoms with E-state index in [1.807, 2.05) is 4.90 Å². The lowest BCUT2D eigenvalue weighted by atomic mass is 10.1. The topological polar surface area (TPSA) is 96.0 Å². The Kier molecular flexibility index (Phi) is 7.51. The maximum absolute atomic E-state index is 13.1. The molecule has 0 unspecified atom stereocenters. The second kappa shape index (κ2) is 10.7. The van der Waals surface area contributed by atoms with E-state index < -0.39 is 17.8 Å². The number of carbonyl (C=O) groups is 4. The highest BCUT2D eigenvalue weighted by Gasteiger charge is 2.39. The molecule has 2 aliphatic heterocycles. The van der Waals surface area contributed by atoms with E-state index in [0.29, 0.717) is 11.3 Å². The van der Waals surface area contributed by atoms with Gasteiger partial charge in [-0.2, -0.15) is 0 Å². The highest BCUT2D eigenvalue weighted by molar-refractivity contribution is 6.53. The van der Waals surface area contributed by atoms with E-state index >= 15 is 0 Å². The van der Waals surface area contributed by atoms with Gasteiger partial charge in [0.15, 0.2) is 0 Å². The molecule has 4 rings (SSSR count). The first-order valence-electron chi connectivity index (χ1n) is 11.6. The number of amides is 3. The lowest BCUT2D eigenvalue weighted by Gasteiger charge is -2.20. The number of rotatable bonds is 6. The minimum atomic E-state index is -0.701. The van der Waals surface area contributed by atoms with Crippen molar-refractivity contribution in [2.75, 3.05) is 29.9 Å². The van der Waals surface area contributed by atoms with Crippen LogP contribution in [0.25, 0.3) is 0 Å². The molecule has 2 aromatic rings. The summed E-state index contributed by atoms with van der Waals surface area (Å²) in [5.74, 6) is -1.92. The molecule has 2 aromatic carbocycles. The monoisotopic (exact) mass is 495 g/mol. The number of carbonyl (C=O) groups excluding carboxylic acids is 4. The number of hydrogen-bond donors (Lipinski definition) is 1. The molecule has 2 aliphatic rings. The number of likely N-dealkylation sites (tertiary alicyclic amines) is 1. The van der Waals surface area contributed by atoms with Gasteiger partial charge < -0.3 is 15.0 Å². The third-order valence-corrected chi connectivity index (χ3v) is 6.29. The second-order valence-electron chi connectivity index (χ2n) is 8.31. The van der Waals surface area contributed by atoms with Gasteiger partial charge in [-0.1, -0.05) is 30.5 Å². The summed E-state index contributed by atoms with van der Waals surface area (Å²) in [6, 6.07) is 12.8. The molecule has 1 fully saturated rings. The molecule has 0 saturated carbocycles. The molecule has 0 atom stereocenters. The Bertz CT molecular complexity index is 1180. The zero-order valence-corrected chi connectivity index (χ0v) is 20.1. The van der Waals surface area contributed by atoms with E-state index in [-0.39, 0.29) is 34.5 Å². The van der Waals surface area contributed by atoms with Crippen LogP contribution in [0, 0.1) is 0 Å². The Morgan fingerprint density at radius 3 is 2.29 bits per heavy atom. The molecular formula is C26H26ClN3O5. The number of imide groups is 1. The number of benzene rings is 2. The van der Waals surface area contributed by atoms with Gasteiger partial charge in [-0.25, -0.2) is 9.69 Å². The molecule has 0 radical (unpaired) electrons. The zero-order chi connectivity index (χ0) is 24.9. The van der Waals surface area contributed by atoms with Gasteiger partial charge in [0, 0.05) is 24.3 Å². The van der Waals surface area contributed by atoms with Crippen LogP contribution in [-0.2, 0) is 14.3 Å². The molecule has 8 nitrogen and oxygen atoms in total. The summed E-state index contributed by atoms with van der Waals surface area (Å²) in [6.45, 7) is 3.40. The molecule has 0 bridgehead atoms. The van der Waals surface area contributed by atoms with Gasteiger partial charge in [0.25, 0.3) is 17.7 Å². The standard InChI is InChI=1S/C26H26ClN3O5/c1-2-35-26(34)18-8-7-9-20(16-18)30-24(32)21(27)22(25(30)33)28-19-12-10-17(11-13-19)23(31)29-14-5-3-4-6-15-29/h7-13,16,28H,2-6,14-15H2,1H3. The largest absolute Gasteiger partial charge is 0.462 e. The van der Waals surface area contributed by atoms with Crippen LogP contribution >= 0.6 is 11.6 Å². The lowest BCUT2D eigenvalue weighted by Crippen LogP contribution is -2.32. The maximum atomic E-state index is 13.1. The fourth-order valence-electron chi connectivity index (χ4n) is 4.13. The number of anilines is 2. The van der Waals surface area contributed by atoms with Crippen molar-refractivity contribution in [2.45, 2.75) is 32.6 Å². The van der Waals surface area contributed by atoms with Gasteiger partial charge in [-0.15, -0.1) is 0 Å². The highest BCUT2D eigenvalue weighted by atomic mass is 35.5. The molecule has 0 aromatic heterocycles. The van der Waals surface area contributed by atoms with E-state index in [1.54, 1.807) is 37.3 Å². The van der Waals surface area contributed by atoms with Crippen molar-refractivity contribution in [2.24, 2.45) is 0 Å². The van der Waals surface area contributed by atoms with Gasteiger partial charge >= 0.3 is 5.97 Å². The molecule has 2 heterocycles. The van der Waals surface area contributed by atoms with Crippen LogP contribution in [0.2, 0.25) is 0 Å². The summed E-state index contributed by atoms with van der Waals surface area (Å²) in [5, 5.41) is 2.64. The Labute approximate surface area is 208 Å². The van der Waals surface area contributed by atoms with Crippen LogP contribution in [0.1, 0.15) is 53.3 Å². The predicted molar refractivity (Wildman–Crippen MR) is 132 cm³/mol. The van der Waals surface area contributed by atoms with Crippen molar-refractivity contribution in [1.29, 1.82) is 0 Å². The van der Waals surface area contributed by atoms with Crippen molar-refractivity contribution in [3.63, 3.8) is 0 Å². The molecule has 0 aliphatic carbocycles. The third-order valence-electron chi connectivity index (χ3n) is 5.94. The summed E-state index contributed by atoms with van der Waals surface area (Å²) in [5.41, 5.74) is 1.41. The molecule has 1 N–H and O–H groups in total. The van der Waals surface area contributed by atoms with Gasteiger partial charge in [0.1, 0.15) is 10.7 Å². The second-order valence-corrected chi connectivity index (χ2v) is 8.69. The van der Waals surface area contributed by atoms with Gasteiger partial charge in [-0.05, 0) is 62.2 Å². The number of ether oxygens (including phenoxy) is 1. The van der Waals surface area contributed by atoms with Gasteiger partial charge in [0.2, 0.25) is 0 Å². The SMILES string of the molecule is CCOC(=O)c1cccc(N2C(=O)C(Cl)=C(Nc3ccc(C(=O)N4CCCCCC4)cc3)C2=O)c1. The average Bonchev–Trinajstić information content (AvgIpc) is 3.06. The van der Waals surface area contributed by atoms with Crippen molar-refractivity contribution in [3.05, 3.63) is 70.4 Å². The van der Waals surface area contributed by atoms with Crippen LogP contribution in [0.5, 0.6) is 0 Å². The van der Waals surface area contributed by atoms with Gasteiger partial charge in [0.05, 0.1) is 17.9 Å². The highest BCUT2D eigenvalue weighted by Crippen LogP contribution is 2.31. The Balaban J connectivity index is 1.49. The molecule has 0 spiro atoms. The van der Waals surface area contributed by atoms with Crippen LogP contribution in [0.4, 0.5) is 11.4 Å². The summed E-state index contributed by atoms with van der Waals surface area (Å²) >= 11 is 6.22. The van der Waals surface area contributed by atoms with E-state index in [0.717, 1.165) is 43.7 Å². The minimum absolute atomic E-state index is 0.0181. The molecule has 9 heteroatoms. The van der Waals surface area contributed by atoms with E-state index in [4.69, 9.17) is 16.3 Å². The van der Waals surface area contributed by atoms with Crippen LogP contribution in [-0.4, -0.2) is 48.3 Å². The first-order chi connectivity index (χ1) is 16.9. The minimum Gasteiger partial charge on any atom is -0.462 e. The maximum Gasteiger partial charge on any atom is 0.338 e. The Hall–Kier alpha value is -3.65. The fourth-order valence-corrected chi connectivity index (χ4v) is 4.34. The average molecular weight is 496 g/mol. The van der Waals surface area contributed by atoms with E-state index in [9.17, 15) is 19.2 Å². The number of esters is 1. The summed E-state index contributed by atoms with van der Waals surface area (Å²) < 4.78 is 4.99. The summed E-state index contributed by atoms with van der Waals surface area (Å²) in [6.07, 6.45) is 4.29. The fraction of sp³-hybridized carbons (Fsp3) is 0.308. The van der Waals surface area contributed by atoms with Crippen molar-refractivity contribution in [3.8, 4) is 0 Å². The quantitative estimate of drug-likeness (QED) is 0.473. The molecular weight excluding hydrogens is 470 g/mol. The third kappa shape index (κ3) is 5.22. The Morgan fingerprint density at radius 2 is 1.63 bits per heavy atom. The number of halogens is 1. The van der Waals surface area contributed by atoms with Crippen LogP contribution < -0.4 is 10.2 Å². The molecule has 182 valence electrons. The van der Waals surface area contributed by atoms with Crippen molar-refractivity contribution >= 4 is 46.7 Å². The first kappa shape index (κ1) is 24.5. The zero-order valence-electron chi connectivity index (χ0n) is 19.4. The lowest BCUT2D eigenvalue weighted by molar-refractivity contribution is -0.120. The smallest absolute Gasteiger partial charge is 0.338 e. The number of nitrogens with zero attached hydrogens (tertiary/aromatic N) is 2. The molecule has 3 amide bonds. The van der Waals surface area contributed by atoms with Crippen LogP contribution in [0.3, 0.4) is 0 Å². The van der Waals surface area contributed by atoms with Crippen molar-refractivity contribution < 1.29 is 23.9 Å². The predicted octanol–water partition coefficient (Wildman–Crippen LogP) is 4.32. The van der Waals surface area contributed by atoms with Crippen molar-refractivity contribution in [1.82, 2.24) is 4.90 Å². The Morgan fingerprint density at radius 1 is 0.943 bits per heavy atom. The number of hydrogen-bond acceptors (Lipinski definition) is 6. The number of nitrogens with one attached hydrogen (secondary N) is 1. The molecule has 1 saturated heterocycles. The van der Waals surface area contributed by atoms with Crippen LogP contribution in [0.15, 0.2) is 59.3 Å². The summed E-state index contributed by atoms with van der Waals surface area (Å²) in [7, 11) is 0. The summed E-state index contributed by atoms with van der Waals surface area (Å²) in [4.78, 5) is 53.5. The normalized spacial score (nSPS) is 16.4. The van der Waals surface area contributed by atoms with E-state index in [1.165, 1.54) is 18.2 Å². The first-order valence-corrected chi connectivity index (χ1v) is 12.0. The molecule has 35 heavy (non-hydrogen) atoms.